The molecular weight excluding hydrogens is 1010 g/mol. The second-order valence-electron chi connectivity index (χ2n) is 19.4. The molecule has 0 saturated carbocycles. The van der Waals surface area contributed by atoms with Gasteiger partial charge in [0.05, 0.1) is 45.2 Å². The summed E-state index contributed by atoms with van der Waals surface area (Å²) in [7, 11) is -1.72. The summed E-state index contributed by atoms with van der Waals surface area (Å²) in [6.45, 7) is 3.36. The van der Waals surface area contributed by atoms with Gasteiger partial charge in [-0.3, -0.25) is 81.9 Å². The maximum atomic E-state index is 13.1. The first-order valence-electron chi connectivity index (χ1n) is 25.4. The van der Waals surface area contributed by atoms with Crippen LogP contribution in [-0.4, -0.2) is 255 Å². The topological polar surface area (TPSA) is 408 Å². The van der Waals surface area contributed by atoms with Crippen molar-refractivity contribution in [3.63, 3.8) is 0 Å². The van der Waals surface area contributed by atoms with E-state index < -0.39 is 140 Å². The highest BCUT2D eigenvalue weighted by atomic mass is 16.4. The highest BCUT2D eigenvalue weighted by molar-refractivity contribution is 6.43. The molecule has 2 heterocycles. The molecule has 0 aromatic rings. The van der Waals surface area contributed by atoms with Gasteiger partial charge in [0, 0.05) is 116 Å². The number of hydrogen-bond donors (Lipinski definition) is 10. The van der Waals surface area contributed by atoms with Crippen molar-refractivity contribution in [3.8, 4) is 0 Å². The summed E-state index contributed by atoms with van der Waals surface area (Å²) in [6.07, 6.45) is -1.59. The molecular formula is C47H76BN9O19. The Labute approximate surface area is 440 Å². The first-order chi connectivity index (χ1) is 35.7. The Kier molecular flexibility index (Phi) is 29.8. The predicted octanol–water partition coefficient (Wildman–Crippen LogP) is -4.17. The van der Waals surface area contributed by atoms with Crippen molar-refractivity contribution in [2.45, 2.75) is 109 Å². The molecule has 2 aliphatic rings. The Hall–Kier alpha value is -6.27. The fourth-order valence-corrected chi connectivity index (χ4v) is 8.55. The van der Waals surface area contributed by atoms with E-state index in [1.165, 1.54) is 26.5 Å². The van der Waals surface area contributed by atoms with Crippen LogP contribution in [0.15, 0.2) is 0 Å². The third kappa shape index (κ3) is 26.5. The number of carbonyl (C=O) groups is 13. The van der Waals surface area contributed by atoms with Gasteiger partial charge in [-0.05, 0) is 32.1 Å². The Morgan fingerprint density at radius 1 is 0.526 bits per heavy atom. The zero-order chi connectivity index (χ0) is 57.1. The number of nitrogens with zero attached hydrogens (tertiary/aromatic N) is 5. The number of carbonyl (C=O) groups excluding carboxylic acids is 9. The average Bonchev–Trinajstić information content (AvgIpc) is 3.84. The second kappa shape index (κ2) is 34.4. The van der Waals surface area contributed by atoms with Gasteiger partial charge in [-0.25, -0.2) is 0 Å². The number of carboxylic acids is 4. The number of likely N-dealkylation sites (tertiary alicyclic amines) is 1. The zero-order valence-corrected chi connectivity index (χ0v) is 43.6. The van der Waals surface area contributed by atoms with E-state index in [1.807, 2.05) is 0 Å². The molecule has 0 aliphatic carbocycles. The zero-order valence-electron chi connectivity index (χ0n) is 43.6. The first-order valence-corrected chi connectivity index (χ1v) is 25.4. The molecule has 10 N–H and O–H groups in total. The summed E-state index contributed by atoms with van der Waals surface area (Å²) in [5.41, 5.74) is 0. The Balaban J connectivity index is 1.73. The van der Waals surface area contributed by atoms with E-state index >= 15 is 0 Å². The Bertz CT molecular complexity index is 2030. The molecule has 76 heavy (non-hydrogen) atoms. The molecule has 0 radical (unpaired) electrons. The maximum absolute atomic E-state index is 13.1. The molecule has 2 saturated heterocycles. The summed E-state index contributed by atoms with van der Waals surface area (Å²) in [4.78, 5) is 168. The minimum Gasteiger partial charge on any atom is -0.480 e. The number of nitrogens with one attached hydrogen (secondary N) is 4. The van der Waals surface area contributed by atoms with Gasteiger partial charge in [0.2, 0.25) is 29.5 Å². The van der Waals surface area contributed by atoms with Gasteiger partial charge in [0.25, 0.3) is 0 Å². The first kappa shape index (κ1) is 65.8. The van der Waals surface area contributed by atoms with E-state index in [-0.39, 0.29) is 123 Å². The lowest BCUT2D eigenvalue weighted by Gasteiger charge is -2.35. The van der Waals surface area contributed by atoms with Crippen molar-refractivity contribution in [1.82, 2.24) is 45.8 Å². The molecule has 29 heteroatoms. The number of Topliss-reactive ketones (excluding diaryl/α,β-unsaturated/α-hetero) is 4. The van der Waals surface area contributed by atoms with E-state index in [1.54, 1.807) is 18.7 Å². The van der Waals surface area contributed by atoms with E-state index in [9.17, 15) is 92.8 Å². The average molecular weight is 1080 g/mol. The van der Waals surface area contributed by atoms with Gasteiger partial charge >= 0.3 is 31.0 Å². The van der Waals surface area contributed by atoms with Crippen molar-refractivity contribution in [2.24, 2.45) is 11.8 Å². The fraction of sp³-hybridized carbons (Fsp3) is 0.723. The lowest BCUT2D eigenvalue weighted by atomic mass is 9.78. The van der Waals surface area contributed by atoms with Crippen molar-refractivity contribution in [2.75, 3.05) is 98.2 Å². The number of ketones is 4. The quantitative estimate of drug-likeness (QED) is 0.0279. The minimum atomic E-state index is -1.72. The van der Waals surface area contributed by atoms with Crippen LogP contribution in [0.25, 0.3) is 0 Å². The van der Waals surface area contributed by atoms with E-state index in [0.29, 0.717) is 19.4 Å². The minimum absolute atomic E-state index is 0.0175. The van der Waals surface area contributed by atoms with Crippen LogP contribution in [0.1, 0.15) is 91.4 Å². The molecule has 0 aromatic heterocycles. The smallest absolute Gasteiger partial charge is 0.475 e. The number of rotatable bonds is 33. The summed E-state index contributed by atoms with van der Waals surface area (Å²) in [5.74, 6) is -11.7. The highest BCUT2D eigenvalue weighted by Gasteiger charge is 2.39. The second-order valence-corrected chi connectivity index (χ2v) is 19.4. The standard InChI is InChI=1S/C47H76BN9O19/c1-30(2)36(45(71)52-31(3)46(72)57-14-4-5-38(57)48(75)76)23-35(61)26-51-41(64)13-9-34(60)25-50-40(63)12-8-33(59)24-49-39(62)11-7-32(58)6-10-37(47(73)74)56-21-19-54(28-43(67)68)17-15-53(27-42(65)66)16-18-55(20-22-56)29-44(69)70/h30-31,36-38,75-76H,4-29H2,1-3H3,(H,49,62)(H,50,63)(H,51,64)(H,52,71)(H,65,66)(H,67,68)(H,69,70)(H,73,74)/t31-,36+,37?,38+/m1/s1. The molecule has 1 unspecified atom stereocenters. The number of hydrogen-bond acceptors (Lipinski definition) is 19. The SMILES string of the molecule is CC(C)[C@H](CC(=O)CNC(=O)CCC(=O)CNC(=O)CCC(=O)CNC(=O)CCC(=O)CCC(C(=O)O)N1CCN(CC(=O)O)CCN(CC(=O)O)CCN(CC(=O)O)CC1)C(=O)N[C@H](C)C(=O)N1CCC[C@H]1B(O)O. The lowest BCUT2D eigenvalue weighted by Crippen LogP contribution is -2.53. The molecule has 5 amide bonds. The van der Waals surface area contributed by atoms with Crippen LogP contribution >= 0.6 is 0 Å². The van der Waals surface area contributed by atoms with E-state index in [4.69, 9.17) is 0 Å². The molecule has 2 aliphatic heterocycles. The molecule has 0 aromatic carbocycles. The molecule has 2 fully saturated rings. The summed E-state index contributed by atoms with van der Waals surface area (Å²) in [5, 5.41) is 67.4. The van der Waals surface area contributed by atoms with E-state index in [0.717, 1.165) is 0 Å². The number of amides is 5. The number of carboxylic acid groups (broad SMARTS) is 4. The molecule has 0 spiro atoms. The molecule has 0 bridgehead atoms. The Morgan fingerprint density at radius 2 is 0.934 bits per heavy atom. The van der Waals surface area contributed by atoms with Gasteiger partial charge in [-0.1, -0.05) is 13.8 Å². The van der Waals surface area contributed by atoms with Gasteiger partial charge < -0.3 is 56.6 Å². The van der Waals surface area contributed by atoms with Crippen molar-refractivity contribution < 1.29 is 92.8 Å². The summed E-state index contributed by atoms with van der Waals surface area (Å²) >= 11 is 0. The van der Waals surface area contributed by atoms with Crippen LogP contribution in [0.2, 0.25) is 0 Å². The van der Waals surface area contributed by atoms with Crippen LogP contribution in [0, 0.1) is 11.8 Å². The summed E-state index contributed by atoms with van der Waals surface area (Å²) in [6, 6.07) is -2.24. The van der Waals surface area contributed by atoms with Crippen LogP contribution in [0.5, 0.6) is 0 Å². The number of aliphatic carboxylic acids is 4. The van der Waals surface area contributed by atoms with Crippen molar-refractivity contribution >= 4 is 83.7 Å². The highest BCUT2D eigenvalue weighted by Crippen LogP contribution is 2.21. The van der Waals surface area contributed by atoms with Crippen LogP contribution in [-0.2, 0) is 62.3 Å². The largest absolute Gasteiger partial charge is 0.480 e. The maximum Gasteiger partial charge on any atom is 0.475 e. The normalized spacial score (nSPS) is 17.4. The molecule has 2 rings (SSSR count). The van der Waals surface area contributed by atoms with Crippen molar-refractivity contribution in [3.05, 3.63) is 0 Å². The van der Waals surface area contributed by atoms with Crippen LogP contribution < -0.4 is 21.3 Å². The molecule has 426 valence electrons. The summed E-state index contributed by atoms with van der Waals surface area (Å²) < 4.78 is 0. The molecule has 4 atom stereocenters. The Morgan fingerprint density at radius 3 is 1.33 bits per heavy atom. The lowest BCUT2D eigenvalue weighted by molar-refractivity contribution is -0.145. The van der Waals surface area contributed by atoms with Gasteiger partial charge in [0.1, 0.15) is 17.9 Å². The van der Waals surface area contributed by atoms with Gasteiger partial charge in [-0.2, -0.15) is 0 Å². The predicted molar refractivity (Wildman–Crippen MR) is 267 cm³/mol. The monoisotopic (exact) mass is 1080 g/mol. The molecule has 28 nitrogen and oxygen atoms in total. The third-order valence-corrected chi connectivity index (χ3v) is 13.0. The van der Waals surface area contributed by atoms with E-state index in [2.05, 4.69) is 21.3 Å². The third-order valence-electron chi connectivity index (χ3n) is 13.0. The van der Waals surface area contributed by atoms with Gasteiger partial charge in [0.15, 0.2) is 17.3 Å². The van der Waals surface area contributed by atoms with Gasteiger partial charge in [-0.15, -0.1) is 0 Å². The van der Waals surface area contributed by atoms with Crippen LogP contribution in [0.3, 0.4) is 0 Å². The fourth-order valence-electron chi connectivity index (χ4n) is 8.55. The van der Waals surface area contributed by atoms with Crippen LogP contribution in [0.4, 0.5) is 0 Å². The van der Waals surface area contributed by atoms with Crippen molar-refractivity contribution in [1.29, 1.82) is 0 Å².